The SMILES string of the molecule is COc1ccc(N)c(Oc2cccc(N(C)C)c2)c1. The fraction of sp³-hybridized carbons (Fsp3) is 0.200. The van der Waals surface area contributed by atoms with Gasteiger partial charge in [0.05, 0.1) is 12.8 Å². The van der Waals surface area contributed by atoms with Crippen molar-refractivity contribution in [2.75, 3.05) is 31.8 Å². The molecule has 0 radical (unpaired) electrons. The molecule has 2 rings (SSSR count). The van der Waals surface area contributed by atoms with Gasteiger partial charge in [-0.2, -0.15) is 0 Å². The molecule has 0 atom stereocenters. The number of hydrogen-bond acceptors (Lipinski definition) is 4. The van der Waals surface area contributed by atoms with E-state index in [1.54, 1.807) is 25.3 Å². The Balaban J connectivity index is 2.28. The molecule has 0 fully saturated rings. The number of benzene rings is 2. The third-order valence-electron chi connectivity index (χ3n) is 2.78. The second-order valence-corrected chi connectivity index (χ2v) is 4.40. The van der Waals surface area contributed by atoms with E-state index in [2.05, 4.69) is 0 Å². The largest absolute Gasteiger partial charge is 0.497 e. The summed E-state index contributed by atoms with van der Waals surface area (Å²) in [5, 5.41) is 0. The van der Waals surface area contributed by atoms with E-state index in [-0.39, 0.29) is 0 Å². The van der Waals surface area contributed by atoms with Crippen LogP contribution >= 0.6 is 0 Å². The summed E-state index contributed by atoms with van der Waals surface area (Å²) >= 11 is 0. The maximum atomic E-state index is 5.90. The predicted molar refractivity (Wildman–Crippen MR) is 78.2 cm³/mol. The van der Waals surface area contributed by atoms with Crippen molar-refractivity contribution in [3.05, 3.63) is 42.5 Å². The Morgan fingerprint density at radius 2 is 1.79 bits per heavy atom. The Hall–Kier alpha value is -2.36. The van der Waals surface area contributed by atoms with Crippen molar-refractivity contribution < 1.29 is 9.47 Å². The lowest BCUT2D eigenvalue weighted by Crippen LogP contribution is -2.08. The number of nitrogens with zero attached hydrogens (tertiary/aromatic N) is 1. The third-order valence-corrected chi connectivity index (χ3v) is 2.78. The van der Waals surface area contributed by atoms with Gasteiger partial charge in [-0.1, -0.05) is 6.07 Å². The van der Waals surface area contributed by atoms with E-state index in [1.807, 2.05) is 43.3 Å². The number of nitrogen functional groups attached to an aromatic ring is 1. The van der Waals surface area contributed by atoms with E-state index in [0.29, 0.717) is 17.2 Å². The van der Waals surface area contributed by atoms with Crippen LogP contribution in [-0.2, 0) is 0 Å². The molecule has 0 bridgehead atoms. The maximum Gasteiger partial charge on any atom is 0.153 e. The lowest BCUT2D eigenvalue weighted by atomic mass is 10.2. The molecule has 0 aliphatic carbocycles. The van der Waals surface area contributed by atoms with Crippen molar-refractivity contribution >= 4 is 11.4 Å². The van der Waals surface area contributed by atoms with Gasteiger partial charge in [-0.15, -0.1) is 0 Å². The van der Waals surface area contributed by atoms with Gasteiger partial charge in [0.25, 0.3) is 0 Å². The van der Waals surface area contributed by atoms with Gasteiger partial charge in [0.2, 0.25) is 0 Å². The number of hydrogen-bond donors (Lipinski definition) is 1. The van der Waals surface area contributed by atoms with Crippen molar-refractivity contribution in [2.45, 2.75) is 0 Å². The minimum atomic E-state index is 0.580. The maximum absolute atomic E-state index is 5.90. The fourth-order valence-corrected chi connectivity index (χ4v) is 1.68. The molecular formula is C15H18N2O2. The number of nitrogens with two attached hydrogens (primary N) is 1. The van der Waals surface area contributed by atoms with E-state index in [1.165, 1.54) is 0 Å². The molecule has 0 spiro atoms. The summed E-state index contributed by atoms with van der Waals surface area (Å²) in [5.41, 5.74) is 7.55. The zero-order chi connectivity index (χ0) is 13.8. The fourth-order valence-electron chi connectivity index (χ4n) is 1.68. The first-order valence-corrected chi connectivity index (χ1v) is 5.99. The zero-order valence-electron chi connectivity index (χ0n) is 11.4. The molecule has 0 unspecified atom stereocenters. The number of ether oxygens (including phenoxy) is 2. The van der Waals surface area contributed by atoms with E-state index >= 15 is 0 Å². The van der Waals surface area contributed by atoms with E-state index in [9.17, 15) is 0 Å². The number of methoxy groups -OCH3 is 1. The van der Waals surface area contributed by atoms with Crippen molar-refractivity contribution in [3.8, 4) is 17.2 Å². The summed E-state index contributed by atoms with van der Waals surface area (Å²) in [5.74, 6) is 2.05. The van der Waals surface area contributed by atoms with Gasteiger partial charge in [0, 0.05) is 31.9 Å². The van der Waals surface area contributed by atoms with Gasteiger partial charge in [-0.05, 0) is 24.3 Å². The van der Waals surface area contributed by atoms with Crippen LogP contribution in [0.2, 0.25) is 0 Å². The van der Waals surface area contributed by atoms with Gasteiger partial charge in [0.1, 0.15) is 11.5 Å². The van der Waals surface area contributed by atoms with Crippen LogP contribution < -0.4 is 20.1 Å². The second-order valence-electron chi connectivity index (χ2n) is 4.40. The van der Waals surface area contributed by atoms with Crippen molar-refractivity contribution in [2.24, 2.45) is 0 Å². The standard InChI is InChI=1S/C15H18N2O2/c1-17(2)11-5-4-6-13(9-11)19-15-10-12(18-3)7-8-14(15)16/h4-10H,16H2,1-3H3. The molecule has 0 amide bonds. The first kappa shape index (κ1) is 13.1. The second kappa shape index (κ2) is 5.52. The Bertz CT molecular complexity index is 568. The van der Waals surface area contributed by atoms with Crippen LogP contribution in [0.5, 0.6) is 17.2 Å². The average molecular weight is 258 g/mol. The van der Waals surface area contributed by atoms with Crippen LogP contribution in [0.3, 0.4) is 0 Å². The molecule has 2 aromatic carbocycles. The van der Waals surface area contributed by atoms with Gasteiger partial charge < -0.3 is 20.1 Å². The first-order chi connectivity index (χ1) is 9.10. The van der Waals surface area contributed by atoms with Gasteiger partial charge in [-0.3, -0.25) is 0 Å². The van der Waals surface area contributed by atoms with Gasteiger partial charge in [0.15, 0.2) is 5.75 Å². The van der Waals surface area contributed by atoms with Crippen LogP contribution in [0.25, 0.3) is 0 Å². The van der Waals surface area contributed by atoms with Crippen LogP contribution in [0, 0.1) is 0 Å². The topological polar surface area (TPSA) is 47.7 Å². The molecule has 0 saturated carbocycles. The van der Waals surface area contributed by atoms with Gasteiger partial charge in [-0.25, -0.2) is 0 Å². The molecule has 0 aliphatic rings. The predicted octanol–water partition coefficient (Wildman–Crippen LogP) is 3.14. The highest BCUT2D eigenvalue weighted by Crippen LogP contribution is 2.32. The normalized spacial score (nSPS) is 10.1. The van der Waals surface area contributed by atoms with Crippen molar-refractivity contribution in [3.63, 3.8) is 0 Å². The summed E-state index contributed by atoms with van der Waals surface area (Å²) in [4.78, 5) is 2.02. The smallest absolute Gasteiger partial charge is 0.153 e. The molecular weight excluding hydrogens is 240 g/mol. The van der Waals surface area contributed by atoms with Crippen molar-refractivity contribution in [1.29, 1.82) is 0 Å². The van der Waals surface area contributed by atoms with E-state index in [4.69, 9.17) is 15.2 Å². The van der Waals surface area contributed by atoms with Gasteiger partial charge >= 0.3 is 0 Å². The molecule has 4 nitrogen and oxygen atoms in total. The Morgan fingerprint density at radius 1 is 1.00 bits per heavy atom. The van der Waals surface area contributed by atoms with Crippen molar-refractivity contribution in [1.82, 2.24) is 0 Å². The minimum absolute atomic E-state index is 0.580. The van der Waals surface area contributed by atoms with Crippen LogP contribution in [-0.4, -0.2) is 21.2 Å². The highest BCUT2D eigenvalue weighted by molar-refractivity contribution is 5.58. The highest BCUT2D eigenvalue weighted by Gasteiger charge is 2.05. The first-order valence-electron chi connectivity index (χ1n) is 5.99. The number of rotatable bonds is 4. The summed E-state index contributed by atoms with van der Waals surface area (Å²) in [6, 6.07) is 13.2. The number of anilines is 2. The molecule has 4 heteroatoms. The van der Waals surface area contributed by atoms with Crippen LogP contribution in [0.15, 0.2) is 42.5 Å². The molecule has 2 N–H and O–H groups in total. The van der Waals surface area contributed by atoms with Crippen LogP contribution in [0.4, 0.5) is 11.4 Å². The summed E-state index contributed by atoms with van der Waals surface area (Å²) in [7, 11) is 5.58. The lowest BCUT2D eigenvalue weighted by molar-refractivity contribution is 0.409. The van der Waals surface area contributed by atoms with E-state index < -0.39 is 0 Å². The molecule has 19 heavy (non-hydrogen) atoms. The zero-order valence-corrected chi connectivity index (χ0v) is 11.4. The molecule has 0 saturated heterocycles. The Kier molecular flexibility index (Phi) is 3.80. The highest BCUT2D eigenvalue weighted by atomic mass is 16.5. The summed E-state index contributed by atoms with van der Waals surface area (Å²) < 4.78 is 11.0. The Labute approximate surface area is 113 Å². The Morgan fingerprint density at radius 3 is 2.47 bits per heavy atom. The summed E-state index contributed by atoms with van der Waals surface area (Å²) in [6.45, 7) is 0. The van der Waals surface area contributed by atoms with Crippen LogP contribution in [0.1, 0.15) is 0 Å². The third kappa shape index (κ3) is 3.10. The lowest BCUT2D eigenvalue weighted by Gasteiger charge is -2.15. The molecule has 2 aromatic rings. The monoisotopic (exact) mass is 258 g/mol. The quantitative estimate of drug-likeness (QED) is 0.856. The molecule has 0 aliphatic heterocycles. The summed E-state index contributed by atoms with van der Waals surface area (Å²) in [6.07, 6.45) is 0. The average Bonchev–Trinajstić information content (AvgIpc) is 2.41. The molecule has 0 aromatic heterocycles. The molecule has 0 heterocycles. The molecule has 100 valence electrons. The minimum Gasteiger partial charge on any atom is -0.497 e. The van der Waals surface area contributed by atoms with E-state index in [0.717, 1.165) is 11.4 Å².